The Morgan fingerprint density at radius 2 is 2.00 bits per heavy atom. The monoisotopic (exact) mass is 366 g/mol. The maximum absolute atomic E-state index is 13.1. The van der Waals surface area contributed by atoms with Gasteiger partial charge in [0, 0.05) is 12.3 Å². The first-order chi connectivity index (χ1) is 11.9. The van der Waals surface area contributed by atoms with Gasteiger partial charge in [-0.25, -0.2) is 12.8 Å². The molecule has 1 atom stereocenters. The molecule has 1 heterocycles. The molecule has 1 aliphatic heterocycles. The fourth-order valence-electron chi connectivity index (χ4n) is 2.63. The van der Waals surface area contributed by atoms with E-state index in [0.29, 0.717) is 23.7 Å². The normalized spacial score (nSPS) is 17.0. The molecule has 0 saturated carbocycles. The Morgan fingerprint density at radius 1 is 1.28 bits per heavy atom. The van der Waals surface area contributed by atoms with Gasteiger partial charge in [0.2, 0.25) is 0 Å². The molecule has 3 rings (SSSR count). The summed E-state index contributed by atoms with van der Waals surface area (Å²) in [5.74, 6) is -0.0874. The Kier molecular flexibility index (Phi) is 4.82. The summed E-state index contributed by atoms with van der Waals surface area (Å²) in [4.78, 5) is -0.000616. The first-order valence-electron chi connectivity index (χ1n) is 7.84. The molecule has 0 aliphatic carbocycles. The third-order valence-electron chi connectivity index (χ3n) is 3.82. The smallest absolute Gasteiger partial charge is 0.264 e. The molecule has 6 nitrogen and oxygen atoms in total. The number of nitrogens with zero attached hydrogens (tertiary/aromatic N) is 1. The molecule has 2 aromatic carbocycles. The van der Waals surface area contributed by atoms with E-state index < -0.39 is 21.9 Å². The molecule has 0 amide bonds. The van der Waals surface area contributed by atoms with E-state index in [1.807, 2.05) is 6.92 Å². The summed E-state index contributed by atoms with van der Waals surface area (Å²) in [6, 6.07) is 9.54. The van der Waals surface area contributed by atoms with Crippen molar-refractivity contribution < 1.29 is 22.3 Å². The molecule has 25 heavy (non-hydrogen) atoms. The summed E-state index contributed by atoms with van der Waals surface area (Å²) in [7, 11) is -3.89. The standard InChI is InChI=1S/C17H19FN2O4S/c1-2-23-11-14-10-20(16-9-13(19)5-8-17(16)24-14)25(21,22)15-6-3-12(18)4-7-15/h3-9,14H,2,10-11,19H2,1H3. The van der Waals surface area contributed by atoms with Gasteiger partial charge in [-0.05, 0) is 49.4 Å². The maximum atomic E-state index is 13.1. The number of benzene rings is 2. The van der Waals surface area contributed by atoms with Gasteiger partial charge < -0.3 is 15.2 Å². The summed E-state index contributed by atoms with van der Waals surface area (Å²) >= 11 is 0. The van der Waals surface area contributed by atoms with Crippen molar-refractivity contribution in [2.45, 2.75) is 17.9 Å². The minimum atomic E-state index is -3.89. The SMILES string of the molecule is CCOCC1CN(S(=O)(=O)c2ccc(F)cc2)c2cc(N)ccc2O1. The van der Waals surface area contributed by atoms with Crippen molar-refractivity contribution in [3.63, 3.8) is 0 Å². The highest BCUT2D eigenvalue weighted by atomic mass is 32.2. The summed E-state index contributed by atoms with van der Waals surface area (Å²) in [5, 5.41) is 0. The van der Waals surface area contributed by atoms with Gasteiger partial charge in [-0.3, -0.25) is 4.31 Å². The van der Waals surface area contributed by atoms with E-state index in [-0.39, 0.29) is 18.0 Å². The van der Waals surface area contributed by atoms with Crippen molar-refractivity contribution in [2.75, 3.05) is 29.8 Å². The van der Waals surface area contributed by atoms with Crippen molar-refractivity contribution in [1.82, 2.24) is 0 Å². The molecular formula is C17H19FN2O4S. The van der Waals surface area contributed by atoms with Crippen molar-refractivity contribution in [1.29, 1.82) is 0 Å². The second kappa shape index (κ2) is 6.89. The molecular weight excluding hydrogens is 347 g/mol. The van der Waals surface area contributed by atoms with Crippen molar-refractivity contribution in [3.8, 4) is 5.75 Å². The van der Waals surface area contributed by atoms with Gasteiger partial charge in [0.05, 0.1) is 23.7 Å². The molecule has 0 saturated heterocycles. The zero-order valence-corrected chi connectivity index (χ0v) is 14.5. The zero-order valence-electron chi connectivity index (χ0n) is 13.7. The van der Waals surface area contributed by atoms with Crippen molar-refractivity contribution >= 4 is 21.4 Å². The molecule has 0 spiro atoms. The van der Waals surface area contributed by atoms with Gasteiger partial charge in [-0.15, -0.1) is 0 Å². The van der Waals surface area contributed by atoms with E-state index in [1.165, 1.54) is 16.4 Å². The quantitative estimate of drug-likeness (QED) is 0.822. The Morgan fingerprint density at radius 3 is 2.68 bits per heavy atom. The number of sulfonamides is 1. The van der Waals surface area contributed by atoms with Crippen LogP contribution in [0.5, 0.6) is 5.75 Å². The predicted octanol–water partition coefficient (Wildman–Crippen LogP) is 2.40. The molecule has 134 valence electrons. The summed E-state index contributed by atoms with van der Waals surface area (Å²) in [6.45, 7) is 2.69. The Hall–Kier alpha value is -2.32. The lowest BCUT2D eigenvalue weighted by Crippen LogP contribution is -2.45. The first-order valence-corrected chi connectivity index (χ1v) is 9.28. The van der Waals surface area contributed by atoms with Crippen LogP contribution in [0.25, 0.3) is 0 Å². The van der Waals surface area contributed by atoms with Crippen LogP contribution in [0.3, 0.4) is 0 Å². The minimum absolute atomic E-state index is 0.000616. The van der Waals surface area contributed by atoms with Gasteiger partial charge in [0.25, 0.3) is 10.0 Å². The highest BCUT2D eigenvalue weighted by Gasteiger charge is 2.34. The number of nitrogen functional groups attached to an aromatic ring is 1. The average molecular weight is 366 g/mol. The number of nitrogens with two attached hydrogens (primary N) is 1. The molecule has 1 unspecified atom stereocenters. The Labute approximate surface area is 146 Å². The summed E-state index contributed by atoms with van der Waals surface area (Å²) in [6.07, 6.45) is -0.453. The summed E-state index contributed by atoms with van der Waals surface area (Å²) < 4.78 is 51.7. The Balaban J connectivity index is 2.03. The summed E-state index contributed by atoms with van der Waals surface area (Å²) in [5.41, 5.74) is 6.59. The van der Waals surface area contributed by atoms with Crippen LogP contribution >= 0.6 is 0 Å². The van der Waals surface area contributed by atoms with Crippen LogP contribution in [0.15, 0.2) is 47.4 Å². The number of halogens is 1. The third kappa shape index (κ3) is 3.54. The van der Waals surface area contributed by atoms with E-state index in [2.05, 4.69) is 0 Å². The lowest BCUT2D eigenvalue weighted by Gasteiger charge is -2.35. The first kappa shape index (κ1) is 17.5. The number of ether oxygens (including phenoxy) is 2. The largest absolute Gasteiger partial charge is 0.484 e. The van der Waals surface area contributed by atoms with Crippen LogP contribution in [-0.4, -0.2) is 34.3 Å². The fourth-order valence-corrected chi connectivity index (χ4v) is 4.13. The number of rotatable bonds is 5. The second-order valence-corrected chi connectivity index (χ2v) is 7.48. The van der Waals surface area contributed by atoms with Gasteiger partial charge in [0.1, 0.15) is 17.7 Å². The van der Waals surface area contributed by atoms with E-state index in [0.717, 1.165) is 12.1 Å². The van der Waals surface area contributed by atoms with Crippen LogP contribution < -0.4 is 14.8 Å². The van der Waals surface area contributed by atoms with Crippen LogP contribution in [0.4, 0.5) is 15.8 Å². The molecule has 2 N–H and O–H groups in total. The Bertz CT molecular complexity index is 855. The minimum Gasteiger partial charge on any atom is -0.484 e. The highest BCUT2D eigenvalue weighted by molar-refractivity contribution is 7.92. The number of fused-ring (bicyclic) bond motifs is 1. The molecule has 0 aromatic heterocycles. The second-order valence-electron chi connectivity index (χ2n) is 5.62. The lowest BCUT2D eigenvalue weighted by molar-refractivity contribution is 0.0577. The van der Waals surface area contributed by atoms with Gasteiger partial charge in [-0.2, -0.15) is 0 Å². The molecule has 0 radical (unpaired) electrons. The van der Waals surface area contributed by atoms with Gasteiger partial charge in [0.15, 0.2) is 0 Å². The van der Waals surface area contributed by atoms with Gasteiger partial charge in [-0.1, -0.05) is 0 Å². The van der Waals surface area contributed by atoms with Crippen LogP contribution in [0.1, 0.15) is 6.92 Å². The average Bonchev–Trinajstić information content (AvgIpc) is 2.59. The van der Waals surface area contributed by atoms with Crippen molar-refractivity contribution in [3.05, 3.63) is 48.3 Å². The zero-order chi connectivity index (χ0) is 18.0. The van der Waals surface area contributed by atoms with Crippen LogP contribution in [-0.2, 0) is 14.8 Å². The maximum Gasteiger partial charge on any atom is 0.264 e. The molecule has 0 bridgehead atoms. The third-order valence-corrected chi connectivity index (χ3v) is 5.62. The molecule has 0 fully saturated rings. The number of hydrogen-bond acceptors (Lipinski definition) is 5. The van der Waals surface area contributed by atoms with E-state index in [4.69, 9.17) is 15.2 Å². The number of anilines is 2. The molecule has 2 aromatic rings. The van der Waals surface area contributed by atoms with E-state index in [1.54, 1.807) is 18.2 Å². The van der Waals surface area contributed by atoms with Crippen LogP contribution in [0, 0.1) is 5.82 Å². The molecule has 8 heteroatoms. The predicted molar refractivity (Wildman–Crippen MR) is 92.7 cm³/mol. The van der Waals surface area contributed by atoms with E-state index >= 15 is 0 Å². The molecule has 1 aliphatic rings. The fraction of sp³-hybridized carbons (Fsp3) is 0.294. The van der Waals surface area contributed by atoms with E-state index in [9.17, 15) is 12.8 Å². The topological polar surface area (TPSA) is 81.9 Å². The van der Waals surface area contributed by atoms with Gasteiger partial charge >= 0.3 is 0 Å². The highest BCUT2D eigenvalue weighted by Crippen LogP contribution is 2.38. The van der Waals surface area contributed by atoms with Crippen LogP contribution in [0.2, 0.25) is 0 Å². The number of hydrogen-bond donors (Lipinski definition) is 1. The van der Waals surface area contributed by atoms with Crippen molar-refractivity contribution in [2.24, 2.45) is 0 Å². The lowest BCUT2D eigenvalue weighted by atomic mass is 10.2.